The summed E-state index contributed by atoms with van der Waals surface area (Å²) in [7, 11) is 1.42. The molecule has 140 valence electrons. The zero-order chi connectivity index (χ0) is 18.5. The molecule has 26 heavy (non-hydrogen) atoms. The lowest BCUT2D eigenvalue weighted by molar-refractivity contribution is -0.0249. The third kappa shape index (κ3) is 2.74. The summed E-state index contributed by atoms with van der Waals surface area (Å²) in [6, 6.07) is 6.04. The van der Waals surface area contributed by atoms with Crippen LogP contribution in [0.1, 0.15) is 66.4 Å². The highest BCUT2D eigenvalue weighted by Crippen LogP contribution is 2.61. The first-order chi connectivity index (χ1) is 12.4. The number of carbonyl (C=O) groups is 2. The molecule has 0 aromatic heterocycles. The van der Waals surface area contributed by atoms with E-state index in [4.69, 9.17) is 21.1 Å². The van der Waals surface area contributed by atoms with E-state index < -0.39 is 5.43 Å². The fourth-order valence-electron chi connectivity index (χ4n) is 6.08. The third-order valence-corrected chi connectivity index (χ3v) is 7.38. The molecule has 0 aliphatic heterocycles. The van der Waals surface area contributed by atoms with Gasteiger partial charge >= 0.3 is 11.4 Å². The van der Waals surface area contributed by atoms with Gasteiger partial charge in [-0.3, -0.25) is 0 Å². The van der Waals surface area contributed by atoms with E-state index in [-0.39, 0.29) is 17.5 Å². The first kappa shape index (κ1) is 17.8. The molecule has 0 radical (unpaired) electrons. The van der Waals surface area contributed by atoms with Gasteiger partial charge in [-0.15, -0.1) is 0 Å². The molecule has 0 saturated heterocycles. The summed E-state index contributed by atoms with van der Waals surface area (Å²) in [6.45, 7) is 2.28. The van der Waals surface area contributed by atoms with E-state index in [1.165, 1.54) is 18.2 Å². The van der Waals surface area contributed by atoms with Gasteiger partial charge in [-0.05, 0) is 79.5 Å². The Morgan fingerprint density at radius 3 is 2.73 bits per heavy atom. The van der Waals surface area contributed by atoms with Crippen molar-refractivity contribution in [3.8, 4) is 0 Å². The predicted molar refractivity (Wildman–Crippen MR) is 98.5 cm³/mol. The Hall–Kier alpha value is -1.55. The number of methoxy groups -OCH3 is 1. The third-order valence-electron chi connectivity index (χ3n) is 7.30. The van der Waals surface area contributed by atoms with Crippen LogP contribution in [-0.2, 0) is 15.9 Å². The smallest absolute Gasteiger partial charge is 0.404 e. The number of benzene rings is 1. The van der Waals surface area contributed by atoms with Gasteiger partial charge in [0.1, 0.15) is 6.10 Å². The molecule has 2 saturated carbocycles. The fourth-order valence-corrected chi connectivity index (χ4v) is 6.19. The Labute approximate surface area is 159 Å². The second-order valence-electron chi connectivity index (χ2n) is 8.29. The maximum Gasteiger partial charge on any atom is 0.404 e. The van der Waals surface area contributed by atoms with Crippen molar-refractivity contribution >= 4 is 23.0 Å². The van der Waals surface area contributed by atoms with E-state index >= 15 is 0 Å². The van der Waals surface area contributed by atoms with Gasteiger partial charge in [0.05, 0.1) is 12.7 Å². The Morgan fingerprint density at radius 1 is 1.19 bits per heavy atom. The molecule has 1 aromatic rings. The summed E-state index contributed by atoms with van der Waals surface area (Å²) in [5.74, 6) is 1.45. The number of carbonyl (C=O) groups excluding carboxylic acids is 2. The molecular weight excluding hydrogens is 352 g/mol. The molecule has 2 fully saturated rings. The van der Waals surface area contributed by atoms with Gasteiger partial charge in [0.15, 0.2) is 0 Å². The largest absolute Gasteiger partial charge is 0.465 e. The molecule has 5 heteroatoms. The Morgan fingerprint density at radius 2 is 2.00 bits per heavy atom. The standard InChI is InChI=1S/C21H25ClO4/c1-21-10-9-15-14-5-4-13(19(23)25-2)11-12(14)3-6-16(15)17(21)7-8-18(21)26-20(22)24/h4-5,11,15-18H,3,6-10H2,1-2H3/t15-,16-,17+,18+,21+/m1/s1. The number of fused-ring (bicyclic) bond motifs is 5. The van der Waals surface area contributed by atoms with Crippen LogP contribution in [0.3, 0.4) is 0 Å². The molecule has 1 aromatic carbocycles. The van der Waals surface area contributed by atoms with Crippen molar-refractivity contribution in [2.24, 2.45) is 17.3 Å². The first-order valence-corrected chi connectivity index (χ1v) is 9.89. The van der Waals surface area contributed by atoms with Gasteiger partial charge in [-0.2, -0.15) is 0 Å². The second-order valence-corrected chi connectivity index (χ2v) is 8.60. The number of esters is 1. The van der Waals surface area contributed by atoms with Crippen LogP contribution in [0.2, 0.25) is 0 Å². The Kier molecular flexibility index (Phi) is 4.50. The average Bonchev–Trinajstić information content (AvgIpc) is 2.96. The Balaban J connectivity index is 1.60. The van der Waals surface area contributed by atoms with Gasteiger partial charge in [-0.1, -0.05) is 13.0 Å². The zero-order valence-electron chi connectivity index (χ0n) is 15.3. The lowest BCUT2D eigenvalue weighted by Gasteiger charge is -2.50. The van der Waals surface area contributed by atoms with Crippen LogP contribution >= 0.6 is 11.6 Å². The summed E-state index contributed by atoms with van der Waals surface area (Å²) < 4.78 is 10.3. The van der Waals surface area contributed by atoms with Crippen LogP contribution in [0, 0.1) is 17.3 Å². The Bertz CT molecular complexity index is 746. The van der Waals surface area contributed by atoms with Gasteiger partial charge in [-0.25, -0.2) is 9.59 Å². The summed E-state index contributed by atoms with van der Waals surface area (Å²) in [4.78, 5) is 23.1. The van der Waals surface area contributed by atoms with Crippen LogP contribution in [0.25, 0.3) is 0 Å². The summed E-state index contributed by atoms with van der Waals surface area (Å²) in [5.41, 5.74) is 2.69. The van der Waals surface area contributed by atoms with Crippen molar-refractivity contribution in [3.63, 3.8) is 0 Å². The quantitative estimate of drug-likeness (QED) is 0.534. The molecule has 0 unspecified atom stereocenters. The van der Waals surface area contributed by atoms with E-state index in [9.17, 15) is 9.59 Å². The van der Waals surface area contributed by atoms with Crippen molar-refractivity contribution in [2.75, 3.05) is 7.11 Å². The minimum Gasteiger partial charge on any atom is -0.465 e. The van der Waals surface area contributed by atoms with Crippen LogP contribution in [0.5, 0.6) is 0 Å². The zero-order valence-corrected chi connectivity index (χ0v) is 16.1. The van der Waals surface area contributed by atoms with Crippen molar-refractivity contribution in [2.45, 2.75) is 57.5 Å². The summed E-state index contributed by atoms with van der Waals surface area (Å²) in [6.07, 6.45) is 6.23. The SMILES string of the molecule is COC(=O)c1ccc2c(c1)CC[C@@H]1[C@@H]2CC[C@]2(C)[C@@H](OC(=O)Cl)CC[C@@H]12. The van der Waals surface area contributed by atoms with Crippen molar-refractivity contribution in [1.82, 2.24) is 0 Å². The molecule has 3 aliphatic carbocycles. The highest BCUT2D eigenvalue weighted by Gasteiger charge is 2.56. The number of hydrogen-bond donors (Lipinski definition) is 0. The van der Waals surface area contributed by atoms with Gasteiger partial charge in [0.25, 0.3) is 0 Å². The van der Waals surface area contributed by atoms with Crippen LogP contribution in [-0.4, -0.2) is 24.6 Å². The number of halogens is 1. The van der Waals surface area contributed by atoms with Crippen LogP contribution < -0.4 is 0 Å². The van der Waals surface area contributed by atoms with Crippen LogP contribution in [0.4, 0.5) is 4.79 Å². The summed E-state index contributed by atoms with van der Waals surface area (Å²) in [5, 5.41) is 0. The molecular formula is C21H25ClO4. The van der Waals surface area contributed by atoms with E-state index in [1.807, 2.05) is 12.1 Å². The minimum atomic E-state index is -0.677. The molecule has 3 aliphatic rings. The van der Waals surface area contributed by atoms with E-state index in [1.54, 1.807) is 0 Å². The van der Waals surface area contributed by atoms with Crippen molar-refractivity contribution in [1.29, 1.82) is 0 Å². The summed E-state index contributed by atoms with van der Waals surface area (Å²) >= 11 is 5.51. The molecule has 4 nitrogen and oxygen atoms in total. The number of aryl methyl sites for hydroxylation is 1. The fraction of sp³-hybridized carbons (Fsp3) is 0.619. The van der Waals surface area contributed by atoms with E-state index in [0.29, 0.717) is 23.3 Å². The predicted octanol–water partition coefficient (Wildman–Crippen LogP) is 5.07. The second kappa shape index (κ2) is 6.56. The molecule has 0 bridgehead atoms. The number of rotatable bonds is 2. The normalized spacial score (nSPS) is 35.0. The van der Waals surface area contributed by atoms with E-state index in [2.05, 4.69) is 13.0 Å². The highest BCUT2D eigenvalue weighted by molar-refractivity contribution is 6.61. The first-order valence-electron chi connectivity index (χ1n) is 9.51. The van der Waals surface area contributed by atoms with E-state index in [0.717, 1.165) is 38.5 Å². The molecule has 0 heterocycles. The lowest BCUT2D eigenvalue weighted by Crippen LogP contribution is -2.44. The number of ether oxygens (including phenoxy) is 2. The van der Waals surface area contributed by atoms with Gasteiger partial charge in [0.2, 0.25) is 0 Å². The lowest BCUT2D eigenvalue weighted by atomic mass is 9.55. The van der Waals surface area contributed by atoms with Gasteiger partial charge in [0, 0.05) is 17.0 Å². The average molecular weight is 377 g/mol. The molecule has 0 spiro atoms. The topological polar surface area (TPSA) is 52.6 Å². The van der Waals surface area contributed by atoms with Crippen molar-refractivity contribution < 1.29 is 19.1 Å². The molecule has 0 N–H and O–H groups in total. The van der Waals surface area contributed by atoms with Crippen molar-refractivity contribution in [3.05, 3.63) is 34.9 Å². The maximum atomic E-state index is 11.8. The minimum absolute atomic E-state index is 0.0369. The maximum absolute atomic E-state index is 11.8. The monoisotopic (exact) mass is 376 g/mol. The molecule has 5 atom stereocenters. The van der Waals surface area contributed by atoms with Gasteiger partial charge < -0.3 is 9.47 Å². The highest BCUT2D eigenvalue weighted by atomic mass is 35.5. The number of hydrogen-bond acceptors (Lipinski definition) is 4. The molecule has 4 rings (SSSR count). The molecule has 0 amide bonds. The van der Waals surface area contributed by atoms with Crippen LogP contribution in [0.15, 0.2) is 18.2 Å².